The van der Waals surface area contributed by atoms with Gasteiger partial charge < -0.3 is 5.32 Å². The van der Waals surface area contributed by atoms with Crippen molar-refractivity contribution in [2.75, 3.05) is 10.2 Å². The van der Waals surface area contributed by atoms with Crippen LogP contribution in [0.4, 0.5) is 11.5 Å². The van der Waals surface area contributed by atoms with Crippen molar-refractivity contribution in [1.82, 2.24) is 9.38 Å². The highest BCUT2D eigenvalue weighted by Crippen LogP contribution is 2.59. The van der Waals surface area contributed by atoms with Gasteiger partial charge in [0, 0.05) is 11.8 Å². The van der Waals surface area contributed by atoms with Crippen LogP contribution in [0.25, 0.3) is 16.9 Å². The number of fused-ring (bicyclic) bond motifs is 5. The molecule has 170 valence electrons. The molecular weight excluding hydrogens is 406 g/mol. The number of aromatic nitrogens is 2. The molecule has 0 radical (unpaired) electrons. The molecular formula is C28H33N5. The number of hydrogen-bond donors (Lipinski definition) is 1. The number of nitrogens with zero attached hydrogens (tertiary/aromatic N) is 4. The van der Waals surface area contributed by atoms with Crippen LogP contribution in [0, 0.1) is 17.8 Å². The Morgan fingerprint density at radius 2 is 1.61 bits per heavy atom. The zero-order chi connectivity index (χ0) is 22.4. The molecule has 0 spiro atoms. The molecule has 0 amide bonds. The summed E-state index contributed by atoms with van der Waals surface area (Å²) in [5.74, 6) is 4.72. The zero-order valence-corrected chi connectivity index (χ0v) is 19.9. The predicted octanol–water partition coefficient (Wildman–Crippen LogP) is 6.36. The fourth-order valence-electron chi connectivity index (χ4n) is 7.64. The molecule has 1 N–H and O–H groups in total. The first-order valence-corrected chi connectivity index (χ1v) is 12.6. The summed E-state index contributed by atoms with van der Waals surface area (Å²) in [6.07, 6.45) is 10.2. The molecule has 5 heteroatoms. The van der Waals surface area contributed by atoms with E-state index in [0.717, 1.165) is 46.3 Å². The van der Waals surface area contributed by atoms with E-state index in [0.29, 0.717) is 0 Å². The lowest BCUT2D eigenvalue weighted by Gasteiger charge is -2.60. The highest BCUT2D eigenvalue weighted by atomic mass is 15.4. The average molecular weight is 440 g/mol. The quantitative estimate of drug-likeness (QED) is 0.480. The second-order valence-electron chi connectivity index (χ2n) is 12.0. The monoisotopic (exact) mass is 439 g/mol. The van der Waals surface area contributed by atoms with Crippen molar-refractivity contribution >= 4 is 23.1 Å². The molecule has 0 saturated heterocycles. The number of rotatable bonds is 1. The summed E-state index contributed by atoms with van der Waals surface area (Å²) in [6.45, 7) is 6.60. The van der Waals surface area contributed by atoms with Crippen molar-refractivity contribution in [1.29, 1.82) is 0 Å². The van der Waals surface area contributed by atoms with Crippen LogP contribution in [0.1, 0.15) is 59.3 Å². The Kier molecular flexibility index (Phi) is 3.94. The maximum absolute atomic E-state index is 5.34. The van der Waals surface area contributed by atoms with Crippen LogP contribution in [-0.2, 0) is 0 Å². The Labute approximate surface area is 195 Å². The normalized spacial score (nSPS) is 31.4. The molecule has 1 aliphatic heterocycles. The summed E-state index contributed by atoms with van der Waals surface area (Å²) in [7, 11) is 0. The largest absolute Gasteiger partial charge is 0.325 e. The maximum Gasteiger partial charge on any atom is 0.205 e. The number of hydrogen-bond acceptors (Lipinski definition) is 2. The first-order chi connectivity index (χ1) is 15.9. The molecule has 3 heterocycles. The minimum atomic E-state index is -0.192. The van der Waals surface area contributed by atoms with Crippen molar-refractivity contribution in [3.63, 3.8) is 0 Å². The third-order valence-corrected chi connectivity index (χ3v) is 8.28. The Bertz CT molecular complexity index is 1240. The van der Waals surface area contributed by atoms with Crippen LogP contribution in [-0.4, -0.2) is 26.4 Å². The molecule has 0 atom stereocenters. The second kappa shape index (κ2) is 6.62. The first-order valence-electron chi connectivity index (χ1n) is 12.6. The lowest BCUT2D eigenvalue weighted by molar-refractivity contribution is 0.00153. The first kappa shape index (κ1) is 19.6. The Hall–Kier alpha value is -2.82. The lowest BCUT2D eigenvalue weighted by Crippen LogP contribution is -2.63. The van der Waals surface area contributed by atoms with Gasteiger partial charge in [-0.2, -0.15) is 0 Å². The van der Waals surface area contributed by atoms with E-state index in [9.17, 15) is 0 Å². The Balaban J connectivity index is 1.54. The van der Waals surface area contributed by atoms with Crippen molar-refractivity contribution in [2.24, 2.45) is 22.7 Å². The molecule has 2 aromatic heterocycles. The van der Waals surface area contributed by atoms with Crippen LogP contribution in [0.15, 0.2) is 53.7 Å². The standard InChI is InChI=1S/C28H33N5/c1-27(2,3)31-26-29-22-9-5-4-8-21(22)24-25(32-11-7-6-10-23(32)30-24)33(26)28-15-18-12-19(16-28)14-20(13-18)17-28/h4-11,18-20H,12-17H2,1-3H3,(H,29,31). The molecule has 0 unspecified atom stereocenters. The number of nitrogens with one attached hydrogen (secondary N) is 1. The third-order valence-electron chi connectivity index (χ3n) is 8.28. The van der Waals surface area contributed by atoms with Gasteiger partial charge in [0.1, 0.15) is 17.2 Å². The molecule has 8 rings (SSSR count). The van der Waals surface area contributed by atoms with E-state index in [1.807, 2.05) is 0 Å². The van der Waals surface area contributed by atoms with E-state index in [1.165, 1.54) is 44.3 Å². The molecule has 4 bridgehead atoms. The van der Waals surface area contributed by atoms with E-state index < -0.39 is 0 Å². The number of guanidine groups is 1. The summed E-state index contributed by atoms with van der Waals surface area (Å²) in [6, 6.07) is 14.9. The second-order valence-corrected chi connectivity index (χ2v) is 12.0. The van der Waals surface area contributed by atoms with Crippen molar-refractivity contribution < 1.29 is 0 Å². The molecule has 4 aliphatic carbocycles. The molecule has 3 aromatic rings. The maximum atomic E-state index is 5.34. The fourth-order valence-corrected chi connectivity index (χ4v) is 7.64. The molecule has 5 nitrogen and oxygen atoms in total. The molecule has 4 saturated carbocycles. The van der Waals surface area contributed by atoms with E-state index in [4.69, 9.17) is 9.98 Å². The zero-order valence-electron chi connectivity index (χ0n) is 19.9. The van der Waals surface area contributed by atoms with Crippen molar-refractivity contribution in [3.8, 4) is 11.3 Å². The Morgan fingerprint density at radius 1 is 0.939 bits per heavy atom. The van der Waals surface area contributed by atoms with Gasteiger partial charge in [-0.05, 0) is 95.2 Å². The number of anilines is 2. The lowest BCUT2D eigenvalue weighted by atomic mass is 9.52. The van der Waals surface area contributed by atoms with Crippen molar-refractivity contribution in [2.45, 2.75) is 70.4 Å². The van der Waals surface area contributed by atoms with Crippen LogP contribution in [0.2, 0.25) is 0 Å². The van der Waals surface area contributed by atoms with Gasteiger partial charge in [-0.15, -0.1) is 0 Å². The number of aliphatic imine (C=N–C) groups is 1. The van der Waals surface area contributed by atoms with Gasteiger partial charge in [-0.1, -0.05) is 24.3 Å². The average Bonchev–Trinajstić information content (AvgIpc) is 3.05. The minimum Gasteiger partial charge on any atom is -0.325 e. The molecule has 1 aromatic carbocycles. The van der Waals surface area contributed by atoms with Crippen molar-refractivity contribution in [3.05, 3.63) is 48.7 Å². The van der Waals surface area contributed by atoms with Crippen LogP contribution in [0.5, 0.6) is 0 Å². The highest BCUT2D eigenvalue weighted by Gasteiger charge is 2.56. The van der Waals surface area contributed by atoms with E-state index in [1.54, 1.807) is 0 Å². The topological polar surface area (TPSA) is 44.9 Å². The highest BCUT2D eigenvalue weighted by molar-refractivity contribution is 6.13. The van der Waals surface area contributed by atoms with Gasteiger partial charge in [0.25, 0.3) is 0 Å². The number of pyridine rings is 1. The third kappa shape index (κ3) is 2.97. The fraction of sp³-hybridized carbons (Fsp3) is 0.500. The smallest absolute Gasteiger partial charge is 0.205 e. The van der Waals surface area contributed by atoms with Gasteiger partial charge >= 0.3 is 0 Å². The van der Waals surface area contributed by atoms with Gasteiger partial charge in [0.2, 0.25) is 5.96 Å². The predicted molar refractivity (Wildman–Crippen MR) is 135 cm³/mol. The minimum absolute atomic E-state index is 0.106. The van der Waals surface area contributed by atoms with E-state index in [-0.39, 0.29) is 11.1 Å². The number of benzene rings is 1. The summed E-state index contributed by atoms with van der Waals surface area (Å²) in [5, 5.41) is 3.81. The van der Waals surface area contributed by atoms with E-state index in [2.05, 4.69) is 84.1 Å². The summed E-state index contributed by atoms with van der Waals surface area (Å²) in [4.78, 5) is 13.2. The van der Waals surface area contributed by atoms with Crippen LogP contribution < -0.4 is 10.2 Å². The van der Waals surface area contributed by atoms with Gasteiger partial charge in [0.15, 0.2) is 0 Å². The van der Waals surface area contributed by atoms with Gasteiger partial charge in [0.05, 0.1) is 16.8 Å². The molecule has 33 heavy (non-hydrogen) atoms. The van der Waals surface area contributed by atoms with E-state index >= 15 is 0 Å². The number of para-hydroxylation sites is 1. The molecule has 5 aliphatic rings. The Morgan fingerprint density at radius 3 is 2.30 bits per heavy atom. The van der Waals surface area contributed by atoms with Gasteiger partial charge in [-0.25, -0.2) is 9.98 Å². The van der Waals surface area contributed by atoms with Crippen LogP contribution >= 0.6 is 0 Å². The molecule has 4 fully saturated rings. The summed E-state index contributed by atoms with van der Waals surface area (Å²) in [5.41, 5.74) is 4.24. The summed E-state index contributed by atoms with van der Waals surface area (Å²) >= 11 is 0. The summed E-state index contributed by atoms with van der Waals surface area (Å²) < 4.78 is 2.30. The number of imidazole rings is 1. The SMILES string of the molecule is CC(C)(C)N=C1Nc2ccccc2-c2nc3ccccn3c2N1C12CC3CC(CC(C3)C1)C2. The van der Waals surface area contributed by atoms with Crippen LogP contribution in [0.3, 0.4) is 0 Å². The van der Waals surface area contributed by atoms with Gasteiger partial charge in [-0.3, -0.25) is 9.30 Å².